The van der Waals surface area contributed by atoms with Crippen LogP contribution >= 0.6 is 0 Å². The molecule has 0 spiro atoms. The number of aliphatic hydroxyl groups is 1. The van der Waals surface area contributed by atoms with Crippen LogP contribution in [0.5, 0.6) is 0 Å². The Kier molecular flexibility index (Phi) is 12.1. The molecule has 1 fully saturated rings. The zero-order valence-electron chi connectivity index (χ0n) is 24.3. The monoisotopic (exact) mass is 574 g/mol. The van der Waals surface area contributed by atoms with Crippen molar-refractivity contribution in [1.29, 1.82) is 0 Å². The van der Waals surface area contributed by atoms with E-state index in [2.05, 4.69) is 41.5 Å². The number of aliphatic hydroxyl groups excluding tert-OH is 1. The lowest BCUT2D eigenvalue weighted by molar-refractivity contribution is -0.252. The van der Waals surface area contributed by atoms with Crippen LogP contribution in [0, 0.1) is 0 Å². The number of carbonyl (C=O) groups is 2. The molecule has 0 unspecified atom stereocenters. The molecule has 3 aromatic carbocycles. The van der Waals surface area contributed by atoms with Gasteiger partial charge < -0.3 is 25.0 Å². The van der Waals surface area contributed by atoms with Crippen LogP contribution in [0.15, 0.2) is 78.9 Å². The van der Waals surface area contributed by atoms with Gasteiger partial charge in [0.25, 0.3) is 0 Å². The van der Waals surface area contributed by atoms with E-state index < -0.39 is 12.3 Å². The van der Waals surface area contributed by atoms with Crippen LogP contribution in [0.25, 0.3) is 0 Å². The second kappa shape index (κ2) is 16.2. The predicted molar refractivity (Wildman–Crippen MR) is 160 cm³/mol. The first-order chi connectivity index (χ1) is 20.4. The lowest BCUT2D eigenvalue weighted by atomic mass is 9.99. The predicted octanol–water partition coefficient (Wildman–Crippen LogP) is 5.51. The van der Waals surface area contributed by atoms with E-state index in [1.165, 1.54) is 5.56 Å². The summed E-state index contributed by atoms with van der Waals surface area (Å²) in [6, 6.07) is 26.2. The standard InChI is InChI=1S/C34H42N2O6/c1-36(22-26-8-4-2-5-9-26)23-30-20-31(28-16-14-27(24-37)15-17-28)42-34(41-30)29-18-12-25(13-19-29)21-35-32(38)10-6-3-7-11-33(39)40/h2,4-5,8-9,12-19,30-31,34,37H,3,6-7,10-11,20-24H2,1H3,(H,35,38)(H,39,40)/t30-,31+,34+/m0/s1. The largest absolute Gasteiger partial charge is 0.481 e. The van der Waals surface area contributed by atoms with Gasteiger partial charge in [-0.2, -0.15) is 0 Å². The highest BCUT2D eigenvalue weighted by molar-refractivity contribution is 5.75. The molecule has 8 nitrogen and oxygen atoms in total. The summed E-state index contributed by atoms with van der Waals surface area (Å²) >= 11 is 0. The third-order valence-electron chi connectivity index (χ3n) is 7.46. The lowest BCUT2D eigenvalue weighted by Gasteiger charge is -2.38. The van der Waals surface area contributed by atoms with Crippen molar-refractivity contribution < 1.29 is 29.3 Å². The maximum absolute atomic E-state index is 12.2. The Labute approximate surface area is 248 Å². The molecule has 1 saturated heterocycles. The zero-order valence-corrected chi connectivity index (χ0v) is 24.3. The van der Waals surface area contributed by atoms with Gasteiger partial charge in [-0.1, -0.05) is 85.3 Å². The van der Waals surface area contributed by atoms with Gasteiger partial charge in [0, 0.05) is 44.5 Å². The Balaban J connectivity index is 1.36. The molecule has 42 heavy (non-hydrogen) atoms. The van der Waals surface area contributed by atoms with Crippen LogP contribution < -0.4 is 5.32 Å². The van der Waals surface area contributed by atoms with E-state index in [-0.39, 0.29) is 31.1 Å². The average Bonchev–Trinajstić information content (AvgIpc) is 3.00. The highest BCUT2D eigenvalue weighted by atomic mass is 16.7. The van der Waals surface area contributed by atoms with Crippen molar-refractivity contribution in [2.24, 2.45) is 0 Å². The fraction of sp³-hybridized carbons (Fsp3) is 0.412. The SMILES string of the molecule is CN(Cc1ccccc1)C[C@@H]1C[C@H](c2ccc(CO)cc2)O[C@H](c2ccc(CNC(=O)CCCCCC(=O)O)cc2)O1. The summed E-state index contributed by atoms with van der Waals surface area (Å²) in [6.07, 6.45) is 2.52. The molecular formula is C34H42N2O6. The summed E-state index contributed by atoms with van der Waals surface area (Å²) in [7, 11) is 2.10. The summed E-state index contributed by atoms with van der Waals surface area (Å²) in [5.41, 5.74) is 5.06. The number of nitrogens with zero attached hydrogens (tertiary/aromatic N) is 1. The number of aliphatic carboxylic acids is 1. The molecule has 224 valence electrons. The van der Waals surface area contributed by atoms with Gasteiger partial charge in [-0.3, -0.25) is 14.5 Å². The maximum atomic E-state index is 12.2. The van der Waals surface area contributed by atoms with Crippen LogP contribution in [-0.4, -0.2) is 46.7 Å². The van der Waals surface area contributed by atoms with Crippen LogP contribution in [0.3, 0.4) is 0 Å². The van der Waals surface area contributed by atoms with Crippen molar-refractivity contribution in [3.05, 3.63) is 107 Å². The Morgan fingerprint density at radius 2 is 1.50 bits per heavy atom. The van der Waals surface area contributed by atoms with Gasteiger partial charge in [-0.15, -0.1) is 0 Å². The molecule has 0 saturated carbocycles. The molecule has 8 heteroatoms. The number of hydrogen-bond acceptors (Lipinski definition) is 6. The molecule has 0 aromatic heterocycles. The minimum Gasteiger partial charge on any atom is -0.481 e. The number of hydrogen-bond donors (Lipinski definition) is 3. The second-order valence-electron chi connectivity index (χ2n) is 11.0. The molecular weight excluding hydrogens is 532 g/mol. The molecule has 1 heterocycles. The normalized spacial score (nSPS) is 18.6. The van der Waals surface area contributed by atoms with E-state index in [0.29, 0.717) is 32.2 Å². The minimum absolute atomic E-state index is 0.00401. The van der Waals surface area contributed by atoms with Crippen molar-refractivity contribution >= 4 is 11.9 Å². The summed E-state index contributed by atoms with van der Waals surface area (Å²) in [5.74, 6) is -0.837. The number of rotatable bonds is 15. The number of ether oxygens (including phenoxy) is 2. The Hall–Kier alpha value is -3.56. The Morgan fingerprint density at radius 3 is 2.19 bits per heavy atom. The summed E-state index contributed by atoms with van der Waals surface area (Å²) in [4.78, 5) is 25.1. The molecule has 0 bridgehead atoms. The quantitative estimate of drug-likeness (QED) is 0.206. The number of carboxylic acid groups (broad SMARTS) is 1. The molecule has 1 aliphatic heterocycles. The number of carboxylic acids is 1. The van der Waals surface area contributed by atoms with Crippen molar-refractivity contribution in [3.63, 3.8) is 0 Å². The maximum Gasteiger partial charge on any atom is 0.303 e. The third kappa shape index (κ3) is 10.1. The van der Waals surface area contributed by atoms with E-state index in [0.717, 1.165) is 41.8 Å². The van der Waals surface area contributed by atoms with Gasteiger partial charge in [-0.05, 0) is 42.1 Å². The van der Waals surface area contributed by atoms with Crippen molar-refractivity contribution in [2.45, 2.75) is 76.7 Å². The first-order valence-electron chi connectivity index (χ1n) is 14.7. The molecule has 1 aliphatic rings. The first kappa shape index (κ1) is 31.4. The van der Waals surface area contributed by atoms with Gasteiger partial charge in [0.2, 0.25) is 5.91 Å². The smallest absolute Gasteiger partial charge is 0.303 e. The van der Waals surface area contributed by atoms with E-state index in [4.69, 9.17) is 14.6 Å². The third-order valence-corrected chi connectivity index (χ3v) is 7.46. The molecule has 3 atom stereocenters. The number of unbranched alkanes of at least 4 members (excludes halogenated alkanes) is 2. The van der Waals surface area contributed by atoms with E-state index >= 15 is 0 Å². The lowest BCUT2D eigenvalue weighted by Crippen LogP contribution is -2.37. The van der Waals surface area contributed by atoms with Crippen LogP contribution in [0.4, 0.5) is 0 Å². The number of amides is 1. The molecule has 1 amide bonds. The minimum atomic E-state index is -0.801. The number of benzene rings is 3. The molecule has 3 aromatic rings. The van der Waals surface area contributed by atoms with Gasteiger partial charge in [0.1, 0.15) is 0 Å². The fourth-order valence-electron chi connectivity index (χ4n) is 5.16. The summed E-state index contributed by atoms with van der Waals surface area (Å²) < 4.78 is 13.0. The number of carbonyl (C=O) groups excluding carboxylic acids is 1. The van der Waals surface area contributed by atoms with Gasteiger partial charge in [0.05, 0.1) is 18.8 Å². The molecule has 0 radical (unpaired) electrons. The van der Waals surface area contributed by atoms with Crippen LogP contribution in [0.2, 0.25) is 0 Å². The van der Waals surface area contributed by atoms with E-state index in [9.17, 15) is 14.7 Å². The Morgan fingerprint density at radius 1 is 0.833 bits per heavy atom. The Bertz CT molecular complexity index is 1250. The molecule has 3 N–H and O–H groups in total. The number of likely N-dealkylation sites (N-methyl/N-ethyl adjacent to an activating group) is 1. The summed E-state index contributed by atoms with van der Waals surface area (Å²) in [5, 5.41) is 21.1. The number of nitrogens with one attached hydrogen (secondary N) is 1. The fourth-order valence-corrected chi connectivity index (χ4v) is 5.16. The first-order valence-corrected chi connectivity index (χ1v) is 14.7. The highest BCUT2D eigenvalue weighted by Gasteiger charge is 2.32. The molecule has 4 rings (SSSR count). The average molecular weight is 575 g/mol. The van der Waals surface area contributed by atoms with Crippen molar-refractivity contribution in [2.75, 3.05) is 13.6 Å². The van der Waals surface area contributed by atoms with Gasteiger partial charge >= 0.3 is 5.97 Å². The highest BCUT2D eigenvalue weighted by Crippen LogP contribution is 2.38. The summed E-state index contributed by atoms with van der Waals surface area (Å²) in [6.45, 7) is 2.00. The topological polar surface area (TPSA) is 108 Å². The van der Waals surface area contributed by atoms with Crippen molar-refractivity contribution in [3.8, 4) is 0 Å². The van der Waals surface area contributed by atoms with Crippen LogP contribution in [0.1, 0.15) is 78.7 Å². The zero-order chi connectivity index (χ0) is 29.7. The second-order valence-corrected chi connectivity index (χ2v) is 11.0. The van der Waals surface area contributed by atoms with E-state index in [1.807, 2.05) is 54.6 Å². The van der Waals surface area contributed by atoms with Crippen molar-refractivity contribution in [1.82, 2.24) is 10.2 Å². The van der Waals surface area contributed by atoms with Gasteiger partial charge in [0.15, 0.2) is 6.29 Å². The molecule has 0 aliphatic carbocycles. The van der Waals surface area contributed by atoms with Gasteiger partial charge in [-0.25, -0.2) is 0 Å². The van der Waals surface area contributed by atoms with Crippen LogP contribution in [-0.2, 0) is 38.8 Å². The van der Waals surface area contributed by atoms with E-state index in [1.54, 1.807) is 0 Å².